The number of allylic oxidation sites excluding steroid dienone is 1. The predicted molar refractivity (Wildman–Crippen MR) is 68.6 cm³/mol. The van der Waals surface area contributed by atoms with Crippen LogP contribution in [0.15, 0.2) is 41.6 Å². The van der Waals surface area contributed by atoms with Crippen molar-refractivity contribution in [1.29, 1.82) is 0 Å². The van der Waals surface area contributed by atoms with Crippen LogP contribution in [-0.4, -0.2) is 9.97 Å². The van der Waals surface area contributed by atoms with Crippen molar-refractivity contribution in [2.24, 2.45) is 0 Å². The van der Waals surface area contributed by atoms with Crippen molar-refractivity contribution in [3.63, 3.8) is 0 Å². The van der Waals surface area contributed by atoms with Gasteiger partial charge in [0.05, 0.1) is 0 Å². The van der Waals surface area contributed by atoms with E-state index in [0.29, 0.717) is 0 Å². The summed E-state index contributed by atoms with van der Waals surface area (Å²) in [7, 11) is 0. The molecule has 0 aliphatic carbocycles. The molecule has 0 spiro atoms. The van der Waals surface area contributed by atoms with E-state index < -0.39 is 0 Å². The first-order chi connectivity index (χ1) is 8.31. The summed E-state index contributed by atoms with van der Waals surface area (Å²) in [6.45, 7) is 6.07. The van der Waals surface area contributed by atoms with E-state index in [4.69, 9.17) is 4.42 Å². The van der Waals surface area contributed by atoms with Crippen LogP contribution in [0.4, 0.5) is 0 Å². The Morgan fingerprint density at radius 2 is 2.12 bits per heavy atom. The van der Waals surface area contributed by atoms with Crippen LogP contribution in [0.1, 0.15) is 19.0 Å². The maximum atomic E-state index is 5.82. The SMILES string of the molecule is C=C(CC)c1ncnc2c1oc1ccccc12. The van der Waals surface area contributed by atoms with Crippen molar-refractivity contribution in [2.45, 2.75) is 13.3 Å². The quantitative estimate of drug-likeness (QED) is 0.664. The highest BCUT2D eigenvalue weighted by Crippen LogP contribution is 2.30. The first-order valence-corrected chi connectivity index (χ1v) is 5.61. The van der Waals surface area contributed by atoms with Crippen molar-refractivity contribution in [3.8, 4) is 0 Å². The summed E-state index contributed by atoms with van der Waals surface area (Å²) >= 11 is 0. The highest BCUT2D eigenvalue weighted by Gasteiger charge is 2.13. The highest BCUT2D eigenvalue weighted by atomic mass is 16.3. The van der Waals surface area contributed by atoms with Crippen LogP contribution >= 0.6 is 0 Å². The van der Waals surface area contributed by atoms with Crippen LogP contribution in [0.2, 0.25) is 0 Å². The molecule has 0 saturated carbocycles. The lowest BCUT2D eigenvalue weighted by atomic mass is 10.1. The van der Waals surface area contributed by atoms with Crippen LogP contribution in [0.5, 0.6) is 0 Å². The molecule has 0 N–H and O–H groups in total. The standard InChI is InChI=1S/C14H12N2O/c1-3-9(2)12-14-13(16-8-15-12)10-6-4-5-7-11(10)17-14/h4-8H,2-3H2,1H3. The maximum Gasteiger partial charge on any atom is 0.179 e. The van der Waals surface area contributed by atoms with Crippen LogP contribution in [-0.2, 0) is 0 Å². The summed E-state index contributed by atoms with van der Waals surface area (Å²) < 4.78 is 5.82. The van der Waals surface area contributed by atoms with Crippen LogP contribution < -0.4 is 0 Å². The summed E-state index contributed by atoms with van der Waals surface area (Å²) in [5.41, 5.74) is 4.22. The number of rotatable bonds is 2. The van der Waals surface area contributed by atoms with E-state index in [1.54, 1.807) is 6.33 Å². The fourth-order valence-corrected chi connectivity index (χ4v) is 1.94. The Kier molecular flexibility index (Phi) is 2.18. The predicted octanol–water partition coefficient (Wildman–Crippen LogP) is 3.80. The van der Waals surface area contributed by atoms with Crippen molar-refractivity contribution in [2.75, 3.05) is 0 Å². The van der Waals surface area contributed by atoms with Gasteiger partial charge in [-0.2, -0.15) is 0 Å². The molecule has 0 unspecified atom stereocenters. The van der Waals surface area contributed by atoms with Crippen LogP contribution in [0.25, 0.3) is 27.6 Å². The number of aromatic nitrogens is 2. The molecule has 0 bridgehead atoms. The molecule has 17 heavy (non-hydrogen) atoms. The van der Waals surface area contributed by atoms with Gasteiger partial charge in [-0.15, -0.1) is 0 Å². The second-order valence-electron chi connectivity index (χ2n) is 3.96. The normalized spacial score (nSPS) is 11.1. The monoisotopic (exact) mass is 224 g/mol. The van der Waals surface area contributed by atoms with Gasteiger partial charge in [-0.1, -0.05) is 25.6 Å². The number of nitrogens with zero attached hydrogens (tertiary/aromatic N) is 2. The third-order valence-corrected chi connectivity index (χ3v) is 2.92. The molecule has 1 aromatic carbocycles. The Labute approximate surface area is 98.8 Å². The molecule has 0 saturated heterocycles. The molecule has 0 amide bonds. The molecule has 0 radical (unpaired) electrons. The van der Waals surface area contributed by atoms with Gasteiger partial charge in [0.25, 0.3) is 0 Å². The fraction of sp³-hybridized carbons (Fsp3) is 0.143. The van der Waals surface area contributed by atoms with Gasteiger partial charge in [0.1, 0.15) is 23.1 Å². The van der Waals surface area contributed by atoms with Gasteiger partial charge in [0, 0.05) is 5.39 Å². The van der Waals surface area contributed by atoms with E-state index in [2.05, 4.69) is 23.5 Å². The molecular weight excluding hydrogens is 212 g/mol. The third-order valence-electron chi connectivity index (χ3n) is 2.92. The number of fused-ring (bicyclic) bond motifs is 3. The number of furan rings is 1. The zero-order chi connectivity index (χ0) is 11.8. The topological polar surface area (TPSA) is 38.9 Å². The van der Waals surface area contributed by atoms with Crippen molar-refractivity contribution in [3.05, 3.63) is 42.9 Å². The molecule has 0 fully saturated rings. The van der Waals surface area contributed by atoms with Crippen molar-refractivity contribution in [1.82, 2.24) is 9.97 Å². The van der Waals surface area contributed by atoms with Crippen molar-refractivity contribution >= 4 is 27.6 Å². The van der Waals surface area contributed by atoms with Gasteiger partial charge < -0.3 is 4.42 Å². The smallest absolute Gasteiger partial charge is 0.179 e. The number of benzene rings is 1. The summed E-state index contributed by atoms with van der Waals surface area (Å²) in [6, 6.07) is 7.88. The lowest BCUT2D eigenvalue weighted by Crippen LogP contribution is -1.89. The Morgan fingerprint density at radius 1 is 1.29 bits per heavy atom. The first-order valence-electron chi connectivity index (χ1n) is 5.61. The molecular formula is C14H12N2O. The first kappa shape index (κ1) is 10.0. The maximum absolute atomic E-state index is 5.82. The van der Waals surface area contributed by atoms with E-state index in [1.165, 1.54) is 0 Å². The van der Waals surface area contributed by atoms with Gasteiger partial charge in [-0.3, -0.25) is 0 Å². The van der Waals surface area contributed by atoms with Crippen LogP contribution in [0, 0.1) is 0 Å². The second kappa shape index (κ2) is 3.70. The lowest BCUT2D eigenvalue weighted by Gasteiger charge is -2.00. The largest absolute Gasteiger partial charge is 0.452 e. The minimum Gasteiger partial charge on any atom is -0.452 e. The molecule has 84 valence electrons. The molecule has 3 rings (SSSR count). The zero-order valence-corrected chi connectivity index (χ0v) is 9.60. The summed E-state index contributed by atoms with van der Waals surface area (Å²) in [5, 5.41) is 1.02. The number of hydrogen-bond donors (Lipinski definition) is 0. The molecule has 0 aliphatic rings. The molecule has 0 aliphatic heterocycles. The van der Waals surface area contributed by atoms with E-state index >= 15 is 0 Å². The summed E-state index contributed by atoms with van der Waals surface area (Å²) in [4.78, 5) is 8.57. The highest BCUT2D eigenvalue weighted by molar-refractivity contribution is 6.04. The van der Waals surface area contributed by atoms with E-state index in [0.717, 1.165) is 39.8 Å². The molecule has 2 heterocycles. The molecule has 2 aromatic heterocycles. The van der Waals surface area contributed by atoms with E-state index in [1.807, 2.05) is 24.3 Å². The minimum atomic E-state index is 0.737. The fourth-order valence-electron chi connectivity index (χ4n) is 1.94. The second-order valence-corrected chi connectivity index (χ2v) is 3.96. The molecule has 0 atom stereocenters. The Morgan fingerprint density at radius 3 is 2.94 bits per heavy atom. The zero-order valence-electron chi connectivity index (χ0n) is 9.60. The van der Waals surface area contributed by atoms with Gasteiger partial charge in [0.2, 0.25) is 0 Å². The van der Waals surface area contributed by atoms with Crippen molar-refractivity contribution < 1.29 is 4.42 Å². The van der Waals surface area contributed by atoms with E-state index in [9.17, 15) is 0 Å². The summed E-state index contributed by atoms with van der Waals surface area (Å²) in [6.07, 6.45) is 2.42. The van der Waals surface area contributed by atoms with Gasteiger partial charge in [-0.05, 0) is 24.1 Å². The van der Waals surface area contributed by atoms with Gasteiger partial charge >= 0.3 is 0 Å². The third kappa shape index (κ3) is 1.43. The number of hydrogen-bond acceptors (Lipinski definition) is 3. The lowest BCUT2D eigenvalue weighted by molar-refractivity contribution is 0.663. The number of para-hydroxylation sites is 1. The Balaban J connectivity index is 2.43. The van der Waals surface area contributed by atoms with Gasteiger partial charge in [-0.25, -0.2) is 9.97 Å². The van der Waals surface area contributed by atoms with E-state index in [-0.39, 0.29) is 0 Å². The summed E-state index contributed by atoms with van der Waals surface area (Å²) in [5.74, 6) is 0. The average Bonchev–Trinajstić information content (AvgIpc) is 2.76. The average molecular weight is 224 g/mol. The Bertz CT molecular complexity index is 712. The van der Waals surface area contributed by atoms with Crippen LogP contribution in [0.3, 0.4) is 0 Å². The molecule has 3 heteroatoms. The molecule has 3 nitrogen and oxygen atoms in total. The molecule has 3 aromatic rings. The van der Waals surface area contributed by atoms with Gasteiger partial charge in [0.15, 0.2) is 5.58 Å². The minimum absolute atomic E-state index is 0.737. The Hall–Kier alpha value is -2.16.